The minimum absolute atomic E-state index is 0.525. The Morgan fingerprint density at radius 1 is 1.17 bits per heavy atom. The van der Waals surface area contributed by atoms with E-state index in [0.717, 1.165) is 11.1 Å². The third-order valence-corrected chi connectivity index (χ3v) is 1.76. The molecule has 0 atom stereocenters. The molecule has 0 amide bonds. The van der Waals surface area contributed by atoms with Gasteiger partial charge in [-0.3, -0.25) is 0 Å². The van der Waals surface area contributed by atoms with Crippen molar-refractivity contribution in [2.45, 2.75) is 13.8 Å². The molecule has 0 unspecified atom stereocenters. The molecule has 1 aromatic heterocycles. The molecular formula is C9H8O3. The molecule has 0 radical (unpaired) electrons. The highest BCUT2D eigenvalue weighted by Gasteiger charge is 2.06. The van der Waals surface area contributed by atoms with Crippen LogP contribution in [0.5, 0.6) is 0 Å². The number of aryl methyl sites for hydroxylation is 2. The molecule has 0 saturated carbocycles. The second-order valence-electron chi connectivity index (χ2n) is 2.86. The highest BCUT2D eigenvalue weighted by Crippen LogP contribution is 2.18. The summed E-state index contributed by atoms with van der Waals surface area (Å²) < 4.78 is 9.64. The normalized spacial score (nSPS) is 10.8. The molecule has 0 N–H and O–H groups in total. The van der Waals surface area contributed by atoms with Crippen LogP contribution in [-0.4, -0.2) is 0 Å². The first-order valence-corrected chi connectivity index (χ1v) is 3.68. The molecule has 0 aliphatic carbocycles. The molecule has 2 rings (SSSR count). The topological polar surface area (TPSA) is 43.4 Å². The highest BCUT2D eigenvalue weighted by molar-refractivity contribution is 5.74. The molecule has 12 heavy (non-hydrogen) atoms. The smallest absolute Gasteiger partial charge is 0.391 e. The number of rotatable bonds is 0. The molecule has 0 bridgehead atoms. The zero-order valence-corrected chi connectivity index (χ0v) is 6.88. The van der Waals surface area contributed by atoms with Crippen molar-refractivity contribution in [1.82, 2.24) is 0 Å². The van der Waals surface area contributed by atoms with E-state index in [2.05, 4.69) is 0 Å². The molecule has 1 aromatic carbocycles. The van der Waals surface area contributed by atoms with Crippen molar-refractivity contribution in [1.29, 1.82) is 0 Å². The minimum Gasteiger partial charge on any atom is -0.391 e. The van der Waals surface area contributed by atoms with Gasteiger partial charge in [-0.1, -0.05) is 6.07 Å². The lowest BCUT2D eigenvalue weighted by molar-refractivity contribution is 0.409. The maximum Gasteiger partial charge on any atom is 0.519 e. The molecule has 3 heteroatoms. The summed E-state index contributed by atoms with van der Waals surface area (Å²) in [5.41, 5.74) is 3.06. The molecule has 0 aliphatic heterocycles. The Kier molecular flexibility index (Phi) is 1.33. The molecule has 1 heterocycles. The van der Waals surface area contributed by atoms with Crippen molar-refractivity contribution in [2.75, 3.05) is 0 Å². The van der Waals surface area contributed by atoms with Crippen LogP contribution in [0.3, 0.4) is 0 Å². The molecule has 0 spiro atoms. The standard InChI is InChI=1S/C9H8O3/c1-5-3-6(2)8-7(4-5)11-9(10)12-8/h3-4H,1-2H3. The first kappa shape index (κ1) is 7.16. The molecule has 62 valence electrons. The first-order valence-electron chi connectivity index (χ1n) is 3.68. The van der Waals surface area contributed by atoms with Gasteiger partial charge < -0.3 is 8.83 Å². The monoisotopic (exact) mass is 164 g/mol. The van der Waals surface area contributed by atoms with E-state index in [1.54, 1.807) is 6.07 Å². The van der Waals surface area contributed by atoms with Crippen molar-refractivity contribution in [3.8, 4) is 0 Å². The summed E-state index contributed by atoms with van der Waals surface area (Å²) in [4.78, 5) is 10.7. The SMILES string of the molecule is Cc1cc(C)c2oc(=O)oc2c1. The van der Waals surface area contributed by atoms with Gasteiger partial charge >= 0.3 is 5.82 Å². The summed E-state index contributed by atoms with van der Waals surface area (Å²) in [6.07, 6.45) is 0. The third-order valence-electron chi connectivity index (χ3n) is 1.76. The largest absolute Gasteiger partial charge is 0.519 e. The molecule has 0 fully saturated rings. The van der Waals surface area contributed by atoms with Crippen LogP contribution in [0.25, 0.3) is 11.2 Å². The quantitative estimate of drug-likeness (QED) is 0.598. The second kappa shape index (κ2) is 2.24. The van der Waals surface area contributed by atoms with Gasteiger partial charge in [0.1, 0.15) is 0 Å². The highest BCUT2D eigenvalue weighted by atomic mass is 16.6. The Bertz CT molecular complexity index is 476. The third kappa shape index (κ3) is 0.942. The van der Waals surface area contributed by atoms with Crippen molar-refractivity contribution in [2.24, 2.45) is 0 Å². The van der Waals surface area contributed by atoms with Gasteiger partial charge in [0.2, 0.25) is 0 Å². The van der Waals surface area contributed by atoms with E-state index in [0.29, 0.717) is 11.2 Å². The van der Waals surface area contributed by atoms with Crippen LogP contribution in [-0.2, 0) is 0 Å². The van der Waals surface area contributed by atoms with Gasteiger partial charge in [-0.05, 0) is 31.0 Å². The lowest BCUT2D eigenvalue weighted by Crippen LogP contribution is -1.84. The summed E-state index contributed by atoms with van der Waals surface area (Å²) in [6, 6.07) is 3.73. The zero-order valence-electron chi connectivity index (χ0n) is 6.88. The Labute approximate surface area is 68.6 Å². The molecular weight excluding hydrogens is 156 g/mol. The maximum absolute atomic E-state index is 10.7. The lowest BCUT2D eigenvalue weighted by Gasteiger charge is -1.93. The van der Waals surface area contributed by atoms with E-state index >= 15 is 0 Å². The van der Waals surface area contributed by atoms with E-state index in [1.807, 2.05) is 19.9 Å². The summed E-state index contributed by atoms with van der Waals surface area (Å²) in [6.45, 7) is 3.83. The summed E-state index contributed by atoms with van der Waals surface area (Å²) in [5, 5.41) is 0. The molecule has 2 aromatic rings. The van der Waals surface area contributed by atoms with Gasteiger partial charge in [0.05, 0.1) is 0 Å². The maximum atomic E-state index is 10.7. The summed E-state index contributed by atoms with van der Waals surface area (Å²) in [5.74, 6) is -0.640. The fourth-order valence-electron chi connectivity index (χ4n) is 1.32. The number of hydrogen-bond acceptors (Lipinski definition) is 3. The minimum atomic E-state index is -0.640. The van der Waals surface area contributed by atoms with Crippen molar-refractivity contribution in [3.05, 3.63) is 33.9 Å². The Hall–Kier alpha value is -1.51. The second-order valence-corrected chi connectivity index (χ2v) is 2.86. The Morgan fingerprint density at radius 3 is 2.67 bits per heavy atom. The van der Waals surface area contributed by atoms with Gasteiger partial charge in [0.15, 0.2) is 11.2 Å². The van der Waals surface area contributed by atoms with Crippen LogP contribution in [0.15, 0.2) is 25.8 Å². The van der Waals surface area contributed by atoms with Gasteiger partial charge in [-0.15, -0.1) is 0 Å². The predicted molar refractivity (Wildman–Crippen MR) is 44.2 cm³/mol. The fraction of sp³-hybridized carbons (Fsp3) is 0.222. The molecule has 3 nitrogen and oxygen atoms in total. The number of hydrogen-bond donors (Lipinski definition) is 0. The predicted octanol–water partition coefficient (Wildman–Crippen LogP) is 2.00. The average molecular weight is 164 g/mol. The average Bonchev–Trinajstić information content (AvgIpc) is 2.29. The van der Waals surface area contributed by atoms with E-state index in [1.165, 1.54) is 0 Å². The number of fused-ring (bicyclic) bond motifs is 1. The fourth-order valence-corrected chi connectivity index (χ4v) is 1.32. The first-order chi connectivity index (χ1) is 5.66. The van der Waals surface area contributed by atoms with Crippen molar-refractivity contribution in [3.63, 3.8) is 0 Å². The zero-order chi connectivity index (χ0) is 8.72. The Balaban J connectivity index is 2.97. The van der Waals surface area contributed by atoms with Gasteiger partial charge in [0.25, 0.3) is 0 Å². The van der Waals surface area contributed by atoms with Crippen molar-refractivity contribution >= 4 is 11.2 Å². The van der Waals surface area contributed by atoms with E-state index in [-0.39, 0.29) is 0 Å². The van der Waals surface area contributed by atoms with Crippen LogP contribution in [0, 0.1) is 13.8 Å². The molecule has 0 aliphatic rings. The lowest BCUT2D eigenvalue weighted by atomic mass is 10.1. The summed E-state index contributed by atoms with van der Waals surface area (Å²) >= 11 is 0. The van der Waals surface area contributed by atoms with Crippen molar-refractivity contribution < 1.29 is 8.83 Å². The molecule has 0 saturated heterocycles. The van der Waals surface area contributed by atoms with E-state index in [9.17, 15) is 4.79 Å². The van der Waals surface area contributed by atoms with Crippen LogP contribution in [0.2, 0.25) is 0 Å². The summed E-state index contributed by atoms with van der Waals surface area (Å²) in [7, 11) is 0. The van der Waals surface area contributed by atoms with Crippen LogP contribution >= 0.6 is 0 Å². The van der Waals surface area contributed by atoms with Gasteiger partial charge in [-0.25, -0.2) is 4.79 Å². The van der Waals surface area contributed by atoms with Crippen LogP contribution < -0.4 is 5.82 Å². The van der Waals surface area contributed by atoms with E-state index < -0.39 is 5.82 Å². The van der Waals surface area contributed by atoms with Gasteiger partial charge in [-0.2, -0.15) is 0 Å². The van der Waals surface area contributed by atoms with Gasteiger partial charge in [0, 0.05) is 0 Å². The Morgan fingerprint density at radius 2 is 1.92 bits per heavy atom. The van der Waals surface area contributed by atoms with Crippen LogP contribution in [0.1, 0.15) is 11.1 Å². The van der Waals surface area contributed by atoms with Crippen LogP contribution in [0.4, 0.5) is 0 Å². The number of benzene rings is 1. The van der Waals surface area contributed by atoms with E-state index in [4.69, 9.17) is 8.83 Å².